The second-order valence-corrected chi connectivity index (χ2v) is 15.3. The van der Waals surface area contributed by atoms with Crippen molar-refractivity contribution in [1.29, 1.82) is 0 Å². The van der Waals surface area contributed by atoms with Crippen molar-refractivity contribution in [3.63, 3.8) is 0 Å². The lowest BCUT2D eigenvalue weighted by Crippen LogP contribution is -2.37. The summed E-state index contributed by atoms with van der Waals surface area (Å²) >= 11 is 0. The fraction of sp³-hybridized carbons (Fsp3) is 0.120. The minimum absolute atomic E-state index is 0.110. The second-order valence-electron chi connectivity index (χ2n) is 15.3. The van der Waals surface area contributed by atoms with E-state index >= 15 is 0 Å². The SMILES string of the molecule is CC1(C)c2ccccc2-c2ccc(-c3cc(-c4ccc5c(c4)C4(c6ccccc6O5)c5ccccc5C5C=CC=CC54)nc(-c4ccccc4)n3)cc21. The van der Waals surface area contributed by atoms with Crippen LogP contribution in [0.1, 0.15) is 53.1 Å². The first-order valence-corrected chi connectivity index (χ1v) is 18.6. The van der Waals surface area contributed by atoms with Gasteiger partial charge in [0.15, 0.2) is 5.82 Å². The smallest absolute Gasteiger partial charge is 0.160 e. The maximum Gasteiger partial charge on any atom is 0.160 e. The van der Waals surface area contributed by atoms with Gasteiger partial charge in [0.05, 0.1) is 16.8 Å². The summed E-state index contributed by atoms with van der Waals surface area (Å²) in [5, 5.41) is 0. The molecule has 0 radical (unpaired) electrons. The third-order valence-electron chi connectivity index (χ3n) is 12.2. The summed E-state index contributed by atoms with van der Waals surface area (Å²) in [6.45, 7) is 4.66. The fourth-order valence-electron chi connectivity index (χ4n) is 9.85. The lowest BCUT2D eigenvalue weighted by atomic mass is 9.61. The highest BCUT2D eigenvalue weighted by atomic mass is 16.5. The summed E-state index contributed by atoms with van der Waals surface area (Å²) in [5.41, 5.74) is 14.8. The van der Waals surface area contributed by atoms with Crippen LogP contribution in [0.25, 0.3) is 45.0 Å². The Bertz CT molecular complexity index is 2700. The van der Waals surface area contributed by atoms with E-state index < -0.39 is 5.41 Å². The Balaban J connectivity index is 1.13. The molecular weight excluding hydrogens is 645 g/mol. The monoisotopic (exact) mass is 680 g/mol. The van der Waals surface area contributed by atoms with E-state index in [0.29, 0.717) is 5.82 Å². The average molecular weight is 681 g/mol. The lowest BCUT2D eigenvalue weighted by molar-refractivity contribution is 0.374. The van der Waals surface area contributed by atoms with Crippen molar-refractivity contribution >= 4 is 0 Å². The van der Waals surface area contributed by atoms with Gasteiger partial charge >= 0.3 is 0 Å². The van der Waals surface area contributed by atoms with Crippen molar-refractivity contribution in [2.24, 2.45) is 5.92 Å². The number of para-hydroxylation sites is 1. The molecule has 3 atom stereocenters. The molecule has 1 aliphatic heterocycles. The van der Waals surface area contributed by atoms with Gasteiger partial charge < -0.3 is 4.74 Å². The second kappa shape index (κ2) is 11.1. The Morgan fingerprint density at radius 1 is 0.491 bits per heavy atom. The third kappa shape index (κ3) is 4.22. The quantitative estimate of drug-likeness (QED) is 0.186. The molecule has 6 aromatic carbocycles. The van der Waals surface area contributed by atoms with Crippen molar-refractivity contribution in [1.82, 2.24) is 9.97 Å². The fourth-order valence-corrected chi connectivity index (χ4v) is 9.85. The van der Waals surface area contributed by atoms with Crippen LogP contribution in [0.4, 0.5) is 0 Å². The topological polar surface area (TPSA) is 35.0 Å². The summed E-state index contributed by atoms with van der Waals surface area (Å²) in [6.07, 6.45) is 9.20. The van der Waals surface area contributed by atoms with E-state index in [2.05, 4.69) is 178 Å². The van der Waals surface area contributed by atoms with Gasteiger partial charge in [-0.05, 0) is 69.8 Å². The minimum atomic E-state index is -0.429. The molecule has 3 heteroatoms. The number of hydrogen-bond donors (Lipinski definition) is 0. The van der Waals surface area contributed by atoms with Crippen molar-refractivity contribution in [2.75, 3.05) is 0 Å². The van der Waals surface area contributed by atoms with Crippen LogP contribution in [0.2, 0.25) is 0 Å². The normalized spacial score (nSPS) is 20.5. The van der Waals surface area contributed by atoms with Gasteiger partial charge in [-0.15, -0.1) is 0 Å². The number of allylic oxidation sites excluding steroid dienone is 4. The standard InChI is InChI=1S/C50H36N2O/c1-49(2)38-19-9-6-16-34(38)37-26-24-32(28-42(37)49)44-30-45(52-48(51-44)31-14-4-3-5-15-31)33-25-27-47-43(29-33)50(41-22-12-13-23-46(41)53-47)39-20-10-7-17-35(39)36-18-8-11-21-40(36)50/h3-30,35,39H,1-2H3. The molecule has 4 aliphatic rings. The van der Waals surface area contributed by atoms with Gasteiger partial charge in [0.1, 0.15) is 11.5 Å². The highest BCUT2D eigenvalue weighted by Gasteiger charge is 2.56. The first-order valence-electron chi connectivity index (χ1n) is 18.6. The zero-order valence-electron chi connectivity index (χ0n) is 29.6. The molecule has 2 heterocycles. The first kappa shape index (κ1) is 30.3. The zero-order valence-corrected chi connectivity index (χ0v) is 29.6. The minimum Gasteiger partial charge on any atom is -0.457 e. The van der Waals surface area contributed by atoms with Crippen LogP contribution in [0.5, 0.6) is 11.5 Å². The molecule has 3 aliphatic carbocycles. The lowest BCUT2D eigenvalue weighted by Gasteiger charge is -2.43. The van der Waals surface area contributed by atoms with Gasteiger partial charge in [-0.1, -0.05) is 147 Å². The van der Waals surface area contributed by atoms with E-state index in [1.807, 2.05) is 6.07 Å². The summed E-state index contributed by atoms with van der Waals surface area (Å²) in [5.74, 6) is 2.99. The summed E-state index contributed by atoms with van der Waals surface area (Å²) in [7, 11) is 0. The highest BCUT2D eigenvalue weighted by Crippen LogP contribution is 2.64. The van der Waals surface area contributed by atoms with Gasteiger partial charge in [0, 0.05) is 45.1 Å². The molecule has 3 unspecified atom stereocenters. The number of nitrogens with zero attached hydrogens (tertiary/aromatic N) is 2. The highest BCUT2D eigenvalue weighted by molar-refractivity contribution is 5.84. The molecule has 0 saturated heterocycles. The molecule has 11 rings (SSSR count). The van der Waals surface area contributed by atoms with E-state index in [1.54, 1.807) is 0 Å². The number of ether oxygens (including phenoxy) is 1. The summed E-state index contributed by atoms with van der Waals surface area (Å²) in [6, 6.07) is 52.4. The van der Waals surface area contributed by atoms with E-state index in [1.165, 1.54) is 44.5 Å². The molecule has 0 amide bonds. The Labute approximate surface area is 310 Å². The zero-order chi connectivity index (χ0) is 35.3. The molecule has 1 aromatic heterocycles. The molecule has 7 aromatic rings. The van der Waals surface area contributed by atoms with Crippen LogP contribution in [0.3, 0.4) is 0 Å². The molecule has 1 spiro atoms. The van der Waals surface area contributed by atoms with Crippen LogP contribution in [-0.4, -0.2) is 9.97 Å². The van der Waals surface area contributed by atoms with Gasteiger partial charge in [0.2, 0.25) is 0 Å². The number of fused-ring (bicyclic) bond motifs is 12. The van der Waals surface area contributed by atoms with Crippen molar-refractivity contribution < 1.29 is 4.74 Å². The number of aromatic nitrogens is 2. The number of hydrogen-bond acceptors (Lipinski definition) is 3. The Kier molecular flexibility index (Phi) is 6.34. The van der Waals surface area contributed by atoms with Crippen molar-refractivity contribution in [3.8, 4) is 56.5 Å². The molecule has 252 valence electrons. The van der Waals surface area contributed by atoms with Gasteiger partial charge in [-0.2, -0.15) is 0 Å². The average Bonchev–Trinajstić information content (AvgIpc) is 3.64. The number of benzene rings is 6. The van der Waals surface area contributed by atoms with Crippen LogP contribution in [0, 0.1) is 5.92 Å². The molecule has 3 nitrogen and oxygen atoms in total. The van der Waals surface area contributed by atoms with Crippen LogP contribution < -0.4 is 4.74 Å². The molecular formula is C50H36N2O. The van der Waals surface area contributed by atoms with E-state index in [-0.39, 0.29) is 17.3 Å². The van der Waals surface area contributed by atoms with Crippen molar-refractivity contribution in [2.45, 2.75) is 30.6 Å². The third-order valence-corrected chi connectivity index (χ3v) is 12.2. The van der Waals surface area contributed by atoms with Crippen LogP contribution in [-0.2, 0) is 10.8 Å². The summed E-state index contributed by atoms with van der Waals surface area (Å²) in [4.78, 5) is 10.5. The maximum absolute atomic E-state index is 6.75. The van der Waals surface area contributed by atoms with E-state index in [4.69, 9.17) is 14.7 Å². The van der Waals surface area contributed by atoms with Gasteiger partial charge in [-0.25, -0.2) is 9.97 Å². The largest absolute Gasteiger partial charge is 0.457 e. The molecule has 0 fully saturated rings. The molecule has 0 saturated carbocycles. The van der Waals surface area contributed by atoms with E-state index in [0.717, 1.165) is 39.6 Å². The number of rotatable bonds is 3. The molecule has 0 bridgehead atoms. The Hall–Kier alpha value is -6.32. The molecule has 53 heavy (non-hydrogen) atoms. The predicted octanol–water partition coefficient (Wildman–Crippen LogP) is 12.1. The molecule has 0 N–H and O–H groups in total. The van der Waals surface area contributed by atoms with Crippen LogP contribution >= 0.6 is 0 Å². The Morgan fingerprint density at radius 3 is 1.94 bits per heavy atom. The predicted molar refractivity (Wildman–Crippen MR) is 213 cm³/mol. The van der Waals surface area contributed by atoms with Gasteiger partial charge in [0.25, 0.3) is 0 Å². The first-order chi connectivity index (χ1) is 26.0. The Morgan fingerprint density at radius 2 is 1.11 bits per heavy atom. The van der Waals surface area contributed by atoms with Crippen molar-refractivity contribution in [3.05, 3.63) is 203 Å². The van der Waals surface area contributed by atoms with Crippen LogP contribution in [0.15, 0.2) is 170 Å². The van der Waals surface area contributed by atoms with E-state index in [9.17, 15) is 0 Å². The maximum atomic E-state index is 6.75. The summed E-state index contributed by atoms with van der Waals surface area (Å²) < 4.78 is 6.75. The van der Waals surface area contributed by atoms with Gasteiger partial charge in [-0.3, -0.25) is 0 Å².